The Morgan fingerprint density at radius 1 is 1.25 bits per heavy atom. The van der Waals surface area contributed by atoms with Crippen LogP contribution in [0.3, 0.4) is 0 Å². The number of carbonyl (C=O) groups is 2. The normalized spacial score (nSPS) is 18.0. The van der Waals surface area contributed by atoms with Crippen molar-refractivity contribution in [3.8, 4) is 0 Å². The summed E-state index contributed by atoms with van der Waals surface area (Å²) in [5.74, 6) is -0.733. The average molecular weight is 426 g/mol. The van der Waals surface area contributed by atoms with Gasteiger partial charge in [-0.2, -0.15) is 4.31 Å². The summed E-state index contributed by atoms with van der Waals surface area (Å²) >= 11 is 1.24. The Morgan fingerprint density at radius 3 is 2.71 bits per heavy atom. The van der Waals surface area contributed by atoms with E-state index in [9.17, 15) is 18.0 Å². The van der Waals surface area contributed by atoms with E-state index in [4.69, 9.17) is 4.42 Å². The molecular weight excluding hydrogens is 402 g/mol. The van der Waals surface area contributed by atoms with Gasteiger partial charge in [0, 0.05) is 31.1 Å². The number of piperidine rings is 1. The molecule has 152 valence electrons. The molecule has 1 aliphatic heterocycles. The Bertz CT molecular complexity index is 921. The molecule has 0 bridgehead atoms. The maximum absolute atomic E-state index is 12.8. The van der Waals surface area contributed by atoms with Crippen molar-refractivity contribution in [1.82, 2.24) is 14.9 Å². The fraction of sp³-hybridized carbons (Fsp3) is 0.444. The minimum Gasteiger partial charge on any atom is -0.459 e. The zero-order valence-electron chi connectivity index (χ0n) is 15.5. The lowest BCUT2D eigenvalue weighted by Gasteiger charge is -2.30. The fourth-order valence-electron chi connectivity index (χ4n) is 3.05. The third kappa shape index (κ3) is 4.81. The molecule has 3 heterocycles. The van der Waals surface area contributed by atoms with Crippen molar-refractivity contribution < 1.29 is 22.4 Å². The van der Waals surface area contributed by atoms with Crippen molar-refractivity contribution in [2.24, 2.45) is 5.92 Å². The van der Waals surface area contributed by atoms with Gasteiger partial charge in [-0.1, -0.05) is 0 Å². The molecule has 0 unspecified atom stereocenters. The van der Waals surface area contributed by atoms with E-state index in [1.54, 1.807) is 24.3 Å². The second-order valence-electron chi connectivity index (χ2n) is 6.59. The standard InChI is InChI=1S/C18H23N3O5S2/c1-13-6-7-16(27-13)28(24,25)21-10-2-4-14(12-21)17(22)19-8-9-20-18(23)15-5-3-11-26-15/h3,5-7,11,14H,2,4,8-10,12H2,1H3,(H,19,22)(H,20,23)/t14-/m1/s1. The summed E-state index contributed by atoms with van der Waals surface area (Å²) in [6, 6.07) is 6.57. The van der Waals surface area contributed by atoms with Gasteiger partial charge in [-0.3, -0.25) is 9.59 Å². The number of carbonyl (C=O) groups excluding carboxylic acids is 2. The van der Waals surface area contributed by atoms with Gasteiger partial charge in [0.25, 0.3) is 15.9 Å². The number of furan rings is 1. The lowest BCUT2D eigenvalue weighted by Crippen LogP contribution is -2.46. The fourth-order valence-corrected chi connectivity index (χ4v) is 6.02. The van der Waals surface area contributed by atoms with Crippen LogP contribution >= 0.6 is 11.3 Å². The first-order valence-electron chi connectivity index (χ1n) is 9.04. The van der Waals surface area contributed by atoms with Crippen LogP contribution in [0.25, 0.3) is 0 Å². The first kappa shape index (κ1) is 20.6. The largest absolute Gasteiger partial charge is 0.459 e. The van der Waals surface area contributed by atoms with Gasteiger partial charge in [0.1, 0.15) is 4.21 Å². The van der Waals surface area contributed by atoms with E-state index < -0.39 is 15.9 Å². The summed E-state index contributed by atoms with van der Waals surface area (Å²) < 4.78 is 32.2. The molecule has 2 amide bonds. The van der Waals surface area contributed by atoms with E-state index in [0.717, 1.165) is 4.88 Å². The van der Waals surface area contributed by atoms with Crippen molar-refractivity contribution in [1.29, 1.82) is 0 Å². The molecule has 8 nitrogen and oxygen atoms in total. The number of thiophene rings is 1. The highest BCUT2D eigenvalue weighted by Crippen LogP contribution is 2.28. The van der Waals surface area contributed by atoms with Gasteiger partial charge >= 0.3 is 0 Å². The summed E-state index contributed by atoms with van der Waals surface area (Å²) in [5.41, 5.74) is 0. The van der Waals surface area contributed by atoms with Crippen LogP contribution in [0.5, 0.6) is 0 Å². The van der Waals surface area contributed by atoms with Crippen LogP contribution < -0.4 is 10.6 Å². The number of rotatable bonds is 7. The van der Waals surface area contributed by atoms with Crippen molar-refractivity contribution in [2.75, 3.05) is 26.2 Å². The average Bonchev–Trinajstić information content (AvgIpc) is 3.37. The zero-order valence-corrected chi connectivity index (χ0v) is 17.1. The minimum absolute atomic E-state index is 0.171. The van der Waals surface area contributed by atoms with Crippen molar-refractivity contribution in [3.05, 3.63) is 41.2 Å². The molecule has 2 N–H and O–H groups in total. The van der Waals surface area contributed by atoms with E-state index in [2.05, 4.69) is 10.6 Å². The molecule has 1 fully saturated rings. The summed E-state index contributed by atoms with van der Waals surface area (Å²) in [6.07, 6.45) is 2.69. The van der Waals surface area contributed by atoms with Gasteiger partial charge in [0.2, 0.25) is 5.91 Å². The van der Waals surface area contributed by atoms with Gasteiger partial charge in [0.15, 0.2) is 5.76 Å². The molecule has 0 aliphatic carbocycles. The van der Waals surface area contributed by atoms with Gasteiger partial charge in [-0.05, 0) is 44.0 Å². The number of hydrogen-bond acceptors (Lipinski definition) is 6. The highest BCUT2D eigenvalue weighted by molar-refractivity contribution is 7.91. The second-order valence-corrected chi connectivity index (χ2v) is 10.0. The highest BCUT2D eigenvalue weighted by atomic mass is 32.2. The molecule has 1 saturated heterocycles. The SMILES string of the molecule is Cc1ccc(S(=O)(=O)N2CCC[C@@H](C(=O)NCCNC(=O)c3ccco3)C2)s1. The van der Waals surface area contributed by atoms with E-state index in [-0.39, 0.29) is 37.2 Å². The maximum Gasteiger partial charge on any atom is 0.287 e. The third-order valence-corrected chi connectivity index (χ3v) is 7.85. The number of nitrogens with zero attached hydrogens (tertiary/aromatic N) is 1. The third-order valence-electron chi connectivity index (χ3n) is 4.52. The lowest BCUT2D eigenvalue weighted by atomic mass is 9.99. The van der Waals surface area contributed by atoms with Crippen LogP contribution in [0.2, 0.25) is 0 Å². The van der Waals surface area contributed by atoms with Crippen LogP contribution in [0.15, 0.2) is 39.2 Å². The van der Waals surface area contributed by atoms with Crippen LogP contribution in [-0.4, -0.2) is 50.7 Å². The quantitative estimate of drug-likeness (QED) is 0.655. The van der Waals surface area contributed by atoms with Gasteiger partial charge in [0.05, 0.1) is 12.2 Å². The molecule has 28 heavy (non-hydrogen) atoms. The van der Waals surface area contributed by atoms with Gasteiger partial charge in [-0.15, -0.1) is 11.3 Å². The summed E-state index contributed by atoms with van der Waals surface area (Å²) in [5, 5.41) is 5.41. The van der Waals surface area contributed by atoms with Crippen molar-refractivity contribution in [2.45, 2.75) is 24.0 Å². The smallest absolute Gasteiger partial charge is 0.287 e. The Kier molecular flexibility index (Phi) is 6.53. The molecule has 1 aliphatic rings. The number of sulfonamides is 1. The van der Waals surface area contributed by atoms with Crippen LogP contribution in [0.1, 0.15) is 28.3 Å². The van der Waals surface area contributed by atoms with E-state index in [1.807, 2.05) is 6.92 Å². The second kappa shape index (κ2) is 8.89. The van der Waals surface area contributed by atoms with E-state index >= 15 is 0 Å². The first-order valence-corrected chi connectivity index (χ1v) is 11.3. The zero-order chi connectivity index (χ0) is 20.1. The van der Waals surface area contributed by atoms with E-state index in [1.165, 1.54) is 21.9 Å². The molecule has 3 rings (SSSR count). The molecule has 2 aromatic heterocycles. The number of aryl methyl sites for hydroxylation is 1. The van der Waals surface area contributed by atoms with Crippen LogP contribution in [0, 0.1) is 12.8 Å². The van der Waals surface area contributed by atoms with Crippen LogP contribution in [0.4, 0.5) is 0 Å². The summed E-state index contributed by atoms with van der Waals surface area (Å²) in [7, 11) is -3.56. The lowest BCUT2D eigenvalue weighted by molar-refractivity contribution is -0.126. The predicted molar refractivity (Wildman–Crippen MR) is 105 cm³/mol. The number of amides is 2. The maximum atomic E-state index is 12.8. The van der Waals surface area contributed by atoms with Gasteiger partial charge < -0.3 is 15.1 Å². The molecule has 0 spiro atoms. The van der Waals surface area contributed by atoms with Crippen molar-refractivity contribution in [3.63, 3.8) is 0 Å². The molecule has 0 aromatic carbocycles. The molecule has 1 atom stereocenters. The van der Waals surface area contributed by atoms with Crippen LogP contribution in [-0.2, 0) is 14.8 Å². The molecule has 0 radical (unpaired) electrons. The highest BCUT2D eigenvalue weighted by Gasteiger charge is 2.33. The molecule has 2 aromatic rings. The number of hydrogen-bond donors (Lipinski definition) is 2. The Hall–Kier alpha value is -2.17. The first-order chi connectivity index (χ1) is 13.4. The monoisotopic (exact) mass is 425 g/mol. The number of nitrogens with one attached hydrogen (secondary N) is 2. The van der Waals surface area contributed by atoms with Crippen molar-refractivity contribution >= 4 is 33.2 Å². The van der Waals surface area contributed by atoms with E-state index in [0.29, 0.717) is 23.6 Å². The predicted octanol–water partition coefficient (Wildman–Crippen LogP) is 1.60. The summed E-state index contributed by atoms with van der Waals surface area (Å²) in [4.78, 5) is 25.1. The Labute approximate surface area is 168 Å². The molecular formula is C18H23N3O5S2. The minimum atomic E-state index is -3.56. The molecule has 10 heteroatoms. The Balaban J connectivity index is 1.48. The topological polar surface area (TPSA) is 109 Å². The summed E-state index contributed by atoms with van der Waals surface area (Å²) in [6.45, 7) is 2.97. The molecule has 0 saturated carbocycles. The van der Waals surface area contributed by atoms with Gasteiger partial charge in [-0.25, -0.2) is 8.42 Å². The Morgan fingerprint density at radius 2 is 2.04 bits per heavy atom.